The van der Waals surface area contributed by atoms with Crippen molar-refractivity contribution in [3.05, 3.63) is 42.1 Å². The quantitative estimate of drug-likeness (QED) is 0.519. The van der Waals surface area contributed by atoms with Crippen molar-refractivity contribution < 1.29 is 24.6 Å². The Kier molecular flexibility index (Phi) is 6.30. The first-order valence-corrected chi connectivity index (χ1v) is 9.41. The normalized spacial score (nSPS) is 16.9. The van der Waals surface area contributed by atoms with Gasteiger partial charge in [0, 0.05) is 66.7 Å². The lowest BCUT2D eigenvalue weighted by atomic mass is 10.0. The van der Waals surface area contributed by atoms with Crippen LogP contribution in [0.15, 0.2) is 36.5 Å². The van der Waals surface area contributed by atoms with Gasteiger partial charge in [0.2, 0.25) is 5.91 Å². The molecule has 9 heteroatoms. The minimum atomic E-state index is -1.21. The number of amides is 1. The van der Waals surface area contributed by atoms with Crippen LogP contribution in [0.4, 0.5) is 5.69 Å². The molecule has 1 aromatic heterocycles. The molecule has 1 aliphatic heterocycles. The summed E-state index contributed by atoms with van der Waals surface area (Å²) < 4.78 is 0. The zero-order valence-corrected chi connectivity index (χ0v) is 16.1. The third kappa shape index (κ3) is 4.82. The number of hydrogen-bond acceptors (Lipinski definition) is 5. The first kappa shape index (κ1) is 20.6. The highest BCUT2D eigenvalue weighted by molar-refractivity contribution is 6.03. The predicted molar refractivity (Wildman–Crippen MR) is 108 cm³/mol. The standard InChI is InChI=1S/C20H24N4O5/c1-2-23-7-9-24(10-8-23)19(20(28)29)15-12-21-16-4-3-13(11-14(15)16)22-17(25)5-6-18(26)27/h3-6,11-12,19,21H,2,7-10H2,1H3,(H,22,25)(H,26,27)(H,28,29)/b6-5+/t19-/m0/s1. The van der Waals surface area contributed by atoms with E-state index in [1.807, 2.05) is 4.90 Å². The summed E-state index contributed by atoms with van der Waals surface area (Å²) >= 11 is 0. The average Bonchev–Trinajstić information content (AvgIpc) is 3.10. The van der Waals surface area contributed by atoms with Crippen molar-refractivity contribution in [2.24, 2.45) is 0 Å². The number of H-pyrrole nitrogens is 1. The van der Waals surface area contributed by atoms with Gasteiger partial charge in [0.1, 0.15) is 6.04 Å². The molecule has 1 amide bonds. The number of anilines is 1. The maximum absolute atomic E-state index is 12.1. The second kappa shape index (κ2) is 8.89. The number of carbonyl (C=O) groups is 3. The highest BCUT2D eigenvalue weighted by atomic mass is 16.4. The number of aliphatic carboxylic acids is 2. The van der Waals surface area contributed by atoms with Gasteiger partial charge in [0.05, 0.1) is 0 Å². The van der Waals surface area contributed by atoms with Crippen LogP contribution in [0.1, 0.15) is 18.5 Å². The van der Waals surface area contributed by atoms with Gasteiger partial charge in [-0.05, 0) is 24.7 Å². The Morgan fingerprint density at radius 2 is 1.90 bits per heavy atom. The Hall–Kier alpha value is -3.17. The fourth-order valence-corrected chi connectivity index (χ4v) is 3.60. The van der Waals surface area contributed by atoms with Crippen LogP contribution in [0, 0.1) is 0 Å². The highest BCUT2D eigenvalue weighted by Crippen LogP contribution is 2.31. The SMILES string of the molecule is CCN1CCN([C@H](C(=O)O)c2c[nH]c3ccc(NC(=O)/C=C/C(=O)O)cc23)CC1. The van der Waals surface area contributed by atoms with E-state index in [1.165, 1.54) is 0 Å². The first-order chi connectivity index (χ1) is 13.9. The summed E-state index contributed by atoms with van der Waals surface area (Å²) in [7, 11) is 0. The van der Waals surface area contributed by atoms with Crippen LogP contribution in [0.2, 0.25) is 0 Å². The number of carboxylic acids is 2. The lowest BCUT2D eigenvalue weighted by molar-refractivity contribution is -0.144. The number of aromatic amines is 1. The second-order valence-corrected chi connectivity index (χ2v) is 6.88. The van der Waals surface area contributed by atoms with Crippen LogP contribution in [-0.4, -0.2) is 75.6 Å². The molecule has 3 rings (SSSR count). The van der Waals surface area contributed by atoms with E-state index in [0.29, 0.717) is 29.7 Å². The van der Waals surface area contributed by atoms with Gasteiger partial charge < -0.3 is 25.4 Å². The molecule has 29 heavy (non-hydrogen) atoms. The van der Waals surface area contributed by atoms with Gasteiger partial charge in [-0.15, -0.1) is 0 Å². The summed E-state index contributed by atoms with van der Waals surface area (Å²) in [6.07, 6.45) is 3.38. The van der Waals surface area contributed by atoms with Gasteiger partial charge >= 0.3 is 11.9 Å². The molecule has 4 N–H and O–H groups in total. The number of piperazine rings is 1. The molecule has 154 valence electrons. The van der Waals surface area contributed by atoms with Crippen molar-refractivity contribution in [3.63, 3.8) is 0 Å². The summed E-state index contributed by atoms with van der Waals surface area (Å²) in [4.78, 5) is 41.8. The summed E-state index contributed by atoms with van der Waals surface area (Å²) in [5.41, 5.74) is 1.85. The summed E-state index contributed by atoms with van der Waals surface area (Å²) in [5, 5.41) is 21.8. The number of benzene rings is 1. The fourth-order valence-electron chi connectivity index (χ4n) is 3.60. The number of rotatable bonds is 7. The number of nitrogens with one attached hydrogen (secondary N) is 2. The molecule has 1 fully saturated rings. The number of aromatic nitrogens is 1. The van der Waals surface area contributed by atoms with Crippen molar-refractivity contribution in [1.82, 2.24) is 14.8 Å². The number of carboxylic acid groups (broad SMARTS) is 2. The minimum Gasteiger partial charge on any atom is -0.480 e. The monoisotopic (exact) mass is 400 g/mol. The molecule has 0 spiro atoms. The van der Waals surface area contributed by atoms with Crippen LogP contribution in [0.25, 0.3) is 10.9 Å². The number of likely N-dealkylation sites (N-methyl/N-ethyl adjacent to an activating group) is 1. The highest BCUT2D eigenvalue weighted by Gasteiger charge is 2.31. The van der Waals surface area contributed by atoms with Gasteiger partial charge in [-0.25, -0.2) is 4.79 Å². The van der Waals surface area contributed by atoms with E-state index in [-0.39, 0.29) is 0 Å². The molecule has 2 aromatic rings. The van der Waals surface area contributed by atoms with Crippen molar-refractivity contribution >= 4 is 34.4 Å². The zero-order valence-electron chi connectivity index (χ0n) is 16.1. The van der Waals surface area contributed by atoms with Crippen molar-refractivity contribution in [3.8, 4) is 0 Å². The molecule has 0 bridgehead atoms. The maximum atomic E-state index is 12.1. The average molecular weight is 400 g/mol. The largest absolute Gasteiger partial charge is 0.480 e. The number of hydrogen-bond donors (Lipinski definition) is 4. The van der Waals surface area contributed by atoms with Gasteiger partial charge in [-0.1, -0.05) is 6.92 Å². The van der Waals surface area contributed by atoms with Crippen LogP contribution >= 0.6 is 0 Å². The molecular weight excluding hydrogens is 376 g/mol. The summed E-state index contributed by atoms with van der Waals surface area (Å²) in [6, 6.07) is 4.33. The van der Waals surface area contributed by atoms with Gasteiger partial charge in [-0.2, -0.15) is 0 Å². The zero-order chi connectivity index (χ0) is 21.0. The first-order valence-electron chi connectivity index (χ1n) is 9.41. The Morgan fingerprint density at radius 3 is 2.52 bits per heavy atom. The van der Waals surface area contributed by atoms with Crippen molar-refractivity contribution in [1.29, 1.82) is 0 Å². The van der Waals surface area contributed by atoms with Gasteiger partial charge in [0.15, 0.2) is 0 Å². The van der Waals surface area contributed by atoms with E-state index < -0.39 is 23.9 Å². The number of nitrogens with zero attached hydrogens (tertiary/aromatic N) is 2. The van der Waals surface area contributed by atoms with E-state index in [2.05, 4.69) is 22.1 Å². The molecule has 2 heterocycles. The van der Waals surface area contributed by atoms with E-state index >= 15 is 0 Å². The number of carbonyl (C=O) groups excluding carboxylic acids is 1. The fraction of sp³-hybridized carbons (Fsp3) is 0.350. The maximum Gasteiger partial charge on any atom is 0.328 e. The number of fused-ring (bicyclic) bond motifs is 1. The Morgan fingerprint density at radius 1 is 1.17 bits per heavy atom. The molecule has 1 aliphatic rings. The Labute approximate surface area is 167 Å². The lowest BCUT2D eigenvalue weighted by Crippen LogP contribution is -2.49. The third-order valence-corrected chi connectivity index (χ3v) is 5.11. The molecule has 0 saturated carbocycles. The molecule has 9 nitrogen and oxygen atoms in total. The van der Waals surface area contributed by atoms with Crippen LogP contribution in [0.5, 0.6) is 0 Å². The topological polar surface area (TPSA) is 126 Å². The molecule has 1 saturated heterocycles. The van der Waals surface area contributed by atoms with Crippen molar-refractivity contribution in [2.45, 2.75) is 13.0 Å². The molecule has 0 radical (unpaired) electrons. The second-order valence-electron chi connectivity index (χ2n) is 6.88. The molecule has 0 unspecified atom stereocenters. The van der Waals surface area contributed by atoms with Gasteiger partial charge in [0.25, 0.3) is 0 Å². The third-order valence-electron chi connectivity index (χ3n) is 5.11. The predicted octanol–water partition coefficient (Wildman–Crippen LogP) is 1.51. The smallest absolute Gasteiger partial charge is 0.328 e. The van der Waals surface area contributed by atoms with Crippen LogP contribution in [-0.2, 0) is 14.4 Å². The Bertz CT molecular complexity index is 943. The van der Waals surface area contributed by atoms with E-state index in [1.54, 1.807) is 24.4 Å². The Balaban J connectivity index is 1.87. The lowest BCUT2D eigenvalue weighted by Gasteiger charge is -2.37. The van der Waals surface area contributed by atoms with Gasteiger partial charge in [-0.3, -0.25) is 14.5 Å². The summed E-state index contributed by atoms with van der Waals surface area (Å²) in [6.45, 7) is 5.99. The minimum absolute atomic E-state index is 0.457. The van der Waals surface area contributed by atoms with Crippen LogP contribution < -0.4 is 5.32 Å². The molecule has 0 aliphatic carbocycles. The molecule has 1 aromatic carbocycles. The van der Waals surface area contributed by atoms with Crippen molar-refractivity contribution in [2.75, 3.05) is 38.0 Å². The summed E-state index contributed by atoms with van der Waals surface area (Å²) in [5.74, 6) is -2.71. The molecule has 1 atom stereocenters. The molecular formula is C20H24N4O5. The van der Waals surface area contributed by atoms with E-state index in [9.17, 15) is 19.5 Å². The van der Waals surface area contributed by atoms with E-state index in [0.717, 1.165) is 37.3 Å². The van der Waals surface area contributed by atoms with Crippen LogP contribution in [0.3, 0.4) is 0 Å². The van der Waals surface area contributed by atoms with E-state index in [4.69, 9.17) is 5.11 Å².